The van der Waals surface area contributed by atoms with E-state index in [0.717, 1.165) is 21.2 Å². The van der Waals surface area contributed by atoms with Crippen LogP contribution in [-0.2, 0) is 14.4 Å². The van der Waals surface area contributed by atoms with Crippen LogP contribution in [0.3, 0.4) is 0 Å². The quantitative estimate of drug-likeness (QED) is 0.133. The van der Waals surface area contributed by atoms with Gasteiger partial charge in [-0.1, -0.05) is 28.3 Å². The Balaban J connectivity index is 1.48. The van der Waals surface area contributed by atoms with Crippen molar-refractivity contribution in [3.05, 3.63) is 38.8 Å². The van der Waals surface area contributed by atoms with Gasteiger partial charge in [0.1, 0.15) is 27.8 Å². The average molecular weight is 526 g/mol. The van der Waals surface area contributed by atoms with Crippen molar-refractivity contribution in [2.75, 3.05) is 11.5 Å². The van der Waals surface area contributed by atoms with Crippen LogP contribution < -0.4 is 11.1 Å². The summed E-state index contributed by atoms with van der Waals surface area (Å²) in [5.41, 5.74) is 5.55. The highest BCUT2D eigenvalue weighted by atomic mass is 32.2. The van der Waals surface area contributed by atoms with Crippen molar-refractivity contribution in [2.24, 2.45) is 5.16 Å². The van der Waals surface area contributed by atoms with E-state index in [-0.39, 0.29) is 16.5 Å². The van der Waals surface area contributed by atoms with Crippen molar-refractivity contribution < 1.29 is 24.7 Å². The number of carboxylic acids is 1. The molecule has 2 aromatic heterocycles. The summed E-state index contributed by atoms with van der Waals surface area (Å²) in [7, 11) is 0. The van der Waals surface area contributed by atoms with Crippen LogP contribution in [0.15, 0.2) is 37.6 Å². The molecular formula is C17H15N7O5S4. The minimum Gasteiger partial charge on any atom is -0.477 e. The van der Waals surface area contributed by atoms with Gasteiger partial charge < -0.3 is 21.4 Å². The molecule has 0 spiro atoms. The van der Waals surface area contributed by atoms with Crippen LogP contribution in [0.2, 0.25) is 0 Å². The highest BCUT2D eigenvalue weighted by molar-refractivity contribution is 8.03. The molecule has 2 aromatic rings. The van der Waals surface area contributed by atoms with Gasteiger partial charge in [0.15, 0.2) is 15.2 Å². The maximum absolute atomic E-state index is 12.8. The lowest BCUT2D eigenvalue weighted by molar-refractivity contribution is -0.150. The molecule has 16 heteroatoms. The van der Waals surface area contributed by atoms with E-state index in [4.69, 9.17) is 5.73 Å². The molecule has 2 unspecified atom stereocenters. The molecule has 4 heterocycles. The Kier molecular flexibility index (Phi) is 6.68. The van der Waals surface area contributed by atoms with Crippen molar-refractivity contribution >= 4 is 74.8 Å². The number of thioether (sulfide) groups is 2. The third kappa shape index (κ3) is 4.59. The first-order chi connectivity index (χ1) is 15.8. The maximum atomic E-state index is 12.8. The number of β-lactam (4-membered cyclic amide) rings is 1. The van der Waals surface area contributed by atoms with Gasteiger partial charge in [-0.25, -0.2) is 9.78 Å². The average Bonchev–Trinajstić information content (AvgIpc) is 3.39. The number of aromatic nitrogens is 3. The van der Waals surface area contributed by atoms with Crippen molar-refractivity contribution in [1.29, 1.82) is 0 Å². The molecule has 2 amide bonds. The lowest BCUT2D eigenvalue weighted by atomic mass is 10.0. The van der Waals surface area contributed by atoms with Crippen molar-refractivity contribution in [1.82, 2.24) is 25.4 Å². The van der Waals surface area contributed by atoms with Crippen LogP contribution in [0, 0.1) is 6.92 Å². The number of rotatable bonds is 7. The topological polar surface area (TPSA) is 184 Å². The number of hydrogen-bond donors (Lipinski definition) is 4. The second kappa shape index (κ2) is 9.50. The van der Waals surface area contributed by atoms with E-state index in [0.29, 0.717) is 15.7 Å². The van der Waals surface area contributed by atoms with Crippen LogP contribution >= 0.6 is 46.2 Å². The van der Waals surface area contributed by atoms with E-state index in [9.17, 15) is 24.7 Å². The number of aryl methyl sites for hydroxylation is 1. The van der Waals surface area contributed by atoms with Gasteiger partial charge >= 0.3 is 5.97 Å². The second-order valence-electron chi connectivity index (χ2n) is 6.57. The zero-order valence-electron chi connectivity index (χ0n) is 16.7. The van der Waals surface area contributed by atoms with Gasteiger partial charge in [-0.2, -0.15) is 0 Å². The van der Waals surface area contributed by atoms with Crippen LogP contribution in [0.25, 0.3) is 0 Å². The number of anilines is 1. The number of fused-ring (bicyclic) bond motifs is 1. The molecule has 172 valence electrons. The summed E-state index contributed by atoms with van der Waals surface area (Å²) in [6, 6.07) is -0.978. The Morgan fingerprint density at radius 2 is 2.21 bits per heavy atom. The van der Waals surface area contributed by atoms with Gasteiger partial charge in [0, 0.05) is 11.1 Å². The summed E-state index contributed by atoms with van der Waals surface area (Å²) < 4.78 is 0.716. The monoisotopic (exact) mass is 525 g/mol. The summed E-state index contributed by atoms with van der Waals surface area (Å²) in [4.78, 5) is 42.3. The Bertz CT molecular complexity index is 1220. The van der Waals surface area contributed by atoms with Crippen LogP contribution in [0.4, 0.5) is 5.13 Å². The van der Waals surface area contributed by atoms with E-state index in [1.807, 2.05) is 6.92 Å². The van der Waals surface area contributed by atoms with Gasteiger partial charge in [-0.15, -0.1) is 33.3 Å². The van der Waals surface area contributed by atoms with E-state index in [2.05, 4.69) is 25.7 Å². The Hall–Kier alpha value is -2.95. The molecule has 12 nitrogen and oxygen atoms in total. The molecule has 2 aliphatic heterocycles. The number of oxime groups is 1. The number of nitrogens with two attached hydrogens (primary N) is 1. The first-order valence-electron chi connectivity index (χ1n) is 9.09. The highest BCUT2D eigenvalue weighted by Gasteiger charge is 2.54. The smallest absolute Gasteiger partial charge is 0.352 e. The minimum atomic E-state index is -1.25. The molecule has 4 rings (SSSR count). The number of nitrogen functional groups attached to an aromatic ring is 1. The number of thiazole rings is 1. The standard InChI is InChI=1S/C17H15N7O5S4/c1-6-21-22-17(33-6)30-3-2-7-4-31-14-10(13(26)24(14)11(7)15(27)28)20-12(25)9(23-29)8-5-32-16(18)19-8/h2-3,5,10,14,29H,4H2,1H3,(H2,18,19)(H,20,25)(H,27,28)/b3-2+,23-9+. The summed E-state index contributed by atoms with van der Waals surface area (Å²) in [6.07, 6.45) is 1.64. The Morgan fingerprint density at radius 3 is 2.82 bits per heavy atom. The van der Waals surface area contributed by atoms with Crippen molar-refractivity contribution in [3.8, 4) is 0 Å². The number of nitrogens with zero attached hydrogens (tertiary/aromatic N) is 5. The fourth-order valence-corrected chi connectivity index (χ4v) is 6.53. The van der Waals surface area contributed by atoms with Gasteiger partial charge in [-0.05, 0) is 24.0 Å². The van der Waals surface area contributed by atoms with Gasteiger partial charge in [-0.3, -0.25) is 14.5 Å². The van der Waals surface area contributed by atoms with E-state index >= 15 is 0 Å². The molecule has 0 saturated carbocycles. The van der Waals surface area contributed by atoms with Gasteiger partial charge in [0.05, 0.1) is 0 Å². The minimum absolute atomic E-state index is 0.0686. The Labute approximate surface area is 202 Å². The number of carbonyl (C=O) groups excluding carboxylic acids is 2. The summed E-state index contributed by atoms with van der Waals surface area (Å²) in [6.45, 7) is 1.83. The lowest BCUT2D eigenvalue weighted by Crippen LogP contribution is -2.71. The van der Waals surface area contributed by atoms with Crippen LogP contribution in [0.5, 0.6) is 0 Å². The van der Waals surface area contributed by atoms with Crippen LogP contribution in [-0.4, -0.2) is 71.1 Å². The van der Waals surface area contributed by atoms with E-state index in [1.165, 1.54) is 40.2 Å². The molecule has 0 aromatic carbocycles. The number of carbonyl (C=O) groups is 3. The number of hydrogen-bond acceptors (Lipinski definition) is 13. The molecule has 33 heavy (non-hydrogen) atoms. The summed E-state index contributed by atoms with van der Waals surface area (Å²) in [5.74, 6) is -2.33. The molecule has 0 bridgehead atoms. The third-order valence-corrected chi connectivity index (χ3v) is 8.22. The van der Waals surface area contributed by atoms with Crippen molar-refractivity contribution in [2.45, 2.75) is 22.7 Å². The number of carboxylic acid groups (broad SMARTS) is 1. The zero-order chi connectivity index (χ0) is 23.7. The molecule has 0 radical (unpaired) electrons. The van der Waals surface area contributed by atoms with Crippen molar-refractivity contribution in [3.63, 3.8) is 0 Å². The first-order valence-corrected chi connectivity index (χ1v) is 12.7. The number of aliphatic carboxylic acids is 1. The maximum Gasteiger partial charge on any atom is 0.352 e. The van der Waals surface area contributed by atoms with Gasteiger partial charge in [0.2, 0.25) is 0 Å². The van der Waals surface area contributed by atoms with E-state index < -0.39 is 34.9 Å². The fraction of sp³-hybridized carbons (Fsp3) is 0.235. The molecule has 0 aliphatic carbocycles. The predicted molar refractivity (Wildman–Crippen MR) is 124 cm³/mol. The lowest BCUT2D eigenvalue weighted by Gasteiger charge is -2.49. The largest absolute Gasteiger partial charge is 0.477 e. The van der Waals surface area contributed by atoms with Crippen LogP contribution in [0.1, 0.15) is 10.7 Å². The highest BCUT2D eigenvalue weighted by Crippen LogP contribution is 2.41. The number of allylic oxidation sites excluding steroid dienone is 1. The molecule has 1 fully saturated rings. The summed E-state index contributed by atoms with van der Waals surface area (Å²) in [5, 5.41) is 35.9. The second-order valence-corrected chi connectivity index (χ2v) is 10.9. The Morgan fingerprint density at radius 1 is 1.42 bits per heavy atom. The molecule has 5 N–H and O–H groups in total. The molecule has 2 atom stereocenters. The molecule has 2 aliphatic rings. The summed E-state index contributed by atoms with van der Waals surface area (Å²) >= 11 is 5.09. The zero-order valence-corrected chi connectivity index (χ0v) is 19.9. The predicted octanol–water partition coefficient (Wildman–Crippen LogP) is 1.11. The molecule has 1 saturated heterocycles. The molecular weight excluding hydrogens is 510 g/mol. The first kappa shape index (κ1) is 23.2. The normalized spacial score (nSPS) is 20.7. The number of nitrogens with one attached hydrogen (secondary N) is 1. The van der Waals surface area contributed by atoms with E-state index in [1.54, 1.807) is 11.5 Å². The third-order valence-electron chi connectivity index (χ3n) is 4.51. The SMILES string of the molecule is Cc1nnc(S/C=C/C2=C(C(=O)O)N3C(=O)C(NC(=O)/C(=N/O)c4csc(N)n4)C3SC2)s1. The van der Waals surface area contributed by atoms with Gasteiger partial charge in [0.25, 0.3) is 11.8 Å². The fourth-order valence-electron chi connectivity index (χ4n) is 3.09. The number of amides is 2.